The zero-order valence-electron chi connectivity index (χ0n) is 15.3. The van der Waals surface area contributed by atoms with Crippen LogP contribution in [0, 0.1) is 5.92 Å². The van der Waals surface area contributed by atoms with E-state index in [0.29, 0.717) is 19.0 Å². The summed E-state index contributed by atoms with van der Waals surface area (Å²) in [5, 5.41) is 6.61. The zero-order valence-corrected chi connectivity index (χ0v) is 17.6. The second-order valence-corrected chi connectivity index (χ2v) is 5.93. The highest BCUT2D eigenvalue weighted by molar-refractivity contribution is 14.0. The molecule has 1 aliphatic carbocycles. The number of nitrogens with one attached hydrogen (secondary N) is 2. The Kier molecular flexibility index (Phi) is 11.6. The highest BCUT2D eigenvalue weighted by atomic mass is 127. The van der Waals surface area contributed by atoms with Gasteiger partial charge < -0.3 is 20.1 Å². The van der Waals surface area contributed by atoms with Gasteiger partial charge in [0.15, 0.2) is 5.96 Å². The molecule has 1 aliphatic rings. The van der Waals surface area contributed by atoms with Crippen LogP contribution >= 0.6 is 24.0 Å². The maximum atomic E-state index is 5.64. The summed E-state index contributed by atoms with van der Waals surface area (Å²) in [6, 6.07) is 3.89. The number of ether oxygens (including phenoxy) is 2. The molecule has 6 nitrogen and oxygen atoms in total. The van der Waals surface area contributed by atoms with Crippen molar-refractivity contribution in [2.45, 2.75) is 39.7 Å². The van der Waals surface area contributed by atoms with Gasteiger partial charge in [0.1, 0.15) is 0 Å². The second-order valence-electron chi connectivity index (χ2n) is 5.93. The van der Waals surface area contributed by atoms with Crippen LogP contribution in [-0.4, -0.2) is 43.9 Å². The monoisotopic (exact) mass is 462 g/mol. The minimum Gasteiger partial charge on any atom is -0.478 e. The maximum absolute atomic E-state index is 5.64. The fourth-order valence-electron chi connectivity index (χ4n) is 2.20. The van der Waals surface area contributed by atoms with Crippen LogP contribution in [0.3, 0.4) is 0 Å². The van der Waals surface area contributed by atoms with Crippen molar-refractivity contribution in [2.24, 2.45) is 10.9 Å². The number of aliphatic imine (C=N–C) groups is 1. The van der Waals surface area contributed by atoms with Gasteiger partial charge in [-0.05, 0) is 50.7 Å². The first-order chi connectivity index (χ1) is 11.8. The molecule has 0 atom stereocenters. The predicted molar refractivity (Wildman–Crippen MR) is 112 cm³/mol. The summed E-state index contributed by atoms with van der Waals surface area (Å²) < 4.78 is 11.1. The summed E-state index contributed by atoms with van der Waals surface area (Å²) in [4.78, 5) is 8.78. The van der Waals surface area contributed by atoms with Crippen molar-refractivity contribution >= 4 is 29.9 Å². The Bertz CT molecular complexity index is 510. The molecule has 25 heavy (non-hydrogen) atoms. The highest BCUT2D eigenvalue weighted by Gasteiger charge is 2.20. The van der Waals surface area contributed by atoms with Gasteiger partial charge in [-0.2, -0.15) is 0 Å². The van der Waals surface area contributed by atoms with E-state index in [1.54, 1.807) is 6.20 Å². The van der Waals surface area contributed by atoms with Gasteiger partial charge in [0.25, 0.3) is 0 Å². The summed E-state index contributed by atoms with van der Waals surface area (Å²) in [5.74, 6) is 2.31. The molecular formula is C18H31IN4O2. The van der Waals surface area contributed by atoms with Crippen LogP contribution < -0.4 is 15.4 Å². The quantitative estimate of drug-likeness (QED) is 0.229. The summed E-state index contributed by atoms with van der Waals surface area (Å²) in [5.41, 5.74) is 1.08. The SMILES string of the molecule is CCNC(=NCc1ccnc(OCC)c1)NCCCOCC1CC1.I. The van der Waals surface area contributed by atoms with Crippen LogP contribution in [0.5, 0.6) is 5.88 Å². The lowest BCUT2D eigenvalue weighted by atomic mass is 10.3. The third-order valence-electron chi connectivity index (χ3n) is 3.66. The van der Waals surface area contributed by atoms with Crippen LogP contribution in [0.1, 0.15) is 38.7 Å². The number of nitrogens with zero attached hydrogens (tertiary/aromatic N) is 2. The number of pyridine rings is 1. The van der Waals surface area contributed by atoms with Gasteiger partial charge in [-0.1, -0.05) is 0 Å². The van der Waals surface area contributed by atoms with Gasteiger partial charge >= 0.3 is 0 Å². The molecule has 1 aromatic rings. The van der Waals surface area contributed by atoms with E-state index in [1.807, 2.05) is 19.1 Å². The Balaban J connectivity index is 0.00000312. The molecule has 0 radical (unpaired) electrons. The first-order valence-corrected chi connectivity index (χ1v) is 8.99. The molecule has 7 heteroatoms. The molecule has 1 heterocycles. The van der Waals surface area contributed by atoms with Gasteiger partial charge in [0.2, 0.25) is 5.88 Å². The molecular weight excluding hydrogens is 431 g/mol. The van der Waals surface area contributed by atoms with Crippen LogP contribution in [0.15, 0.2) is 23.3 Å². The van der Waals surface area contributed by atoms with E-state index in [4.69, 9.17) is 9.47 Å². The molecule has 0 saturated heterocycles. The predicted octanol–water partition coefficient (Wildman–Crippen LogP) is 2.97. The Morgan fingerprint density at radius 3 is 2.88 bits per heavy atom. The Morgan fingerprint density at radius 1 is 1.32 bits per heavy atom. The Hall–Kier alpha value is -1.09. The van der Waals surface area contributed by atoms with Crippen molar-refractivity contribution < 1.29 is 9.47 Å². The molecule has 1 fully saturated rings. The number of hydrogen-bond donors (Lipinski definition) is 2. The van der Waals surface area contributed by atoms with Crippen LogP contribution in [0.2, 0.25) is 0 Å². The lowest BCUT2D eigenvalue weighted by Crippen LogP contribution is -2.38. The Labute approximate surface area is 168 Å². The third kappa shape index (κ3) is 9.84. The molecule has 0 aliphatic heterocycles. The lowest BCUT2D eigenvalue weighted by Gasteiger charge is -2.11. The largest absolute Gasteiger partial charge is 0.478 e. The molecule has 0 bridgehead atoms. The average molecular weight is 462 g/mol. The van der Waals surface area contributed by atoms with Crippen LogP contribution in [0.25, 0.3) is 0 Å². The molecule has 142 valence electrons. The third-order valence-corrected chi connectivity index (χ3v) is 3.66. The average Bonchev–Trinajstić information content (AvgIpc) is 3.40. The van der Waals surface area contributed by atoms with Gasteiger partial charge in [-0.15, -0.1) is 24.0 Å². The molecule has 0 unspecified atom stereocenters. The minimum atomic E-state index is 0. The first-order valence-electron chi connectivity index (χ1n) is 8.99. The molecule has 1 aromatic heterocycles. The van der Waals surface area contributed by atoms with Crippen molar-refractivity contribution in [3.05, 3.63) is 23.9 Å². The Morgan fingerprint density at radius 2 is 2.16 bits per heavy atom. The van der Waals surface area contributed by atoms with E-state index in [-0.39, 0.29) is 24.0 Å². The number of hydrogen-bond acceptors (Lipinski definition) is 4. The smallest absolute Gasteiger partial charge is 0.213 e. The standard InChI is InChI=1S/C18H30N4O2.HI/c1-3-19-18(21-9-5-11-23-14-15-6-7-15)22-13-16-8-10-20-17(12-16)24-4-2;/h8,10,12,15H,3-7,9,11,13-14H2,1-2H3,(H2,19,21,22);1H. The molecule has 0 spiro atoms. The number of aromatic nitrogens is 1. The lowest BCUT2D eigenvalue weighted by molar-refractivity contribution is 0.123. The summed E-state index contributed by atoms with van der Waals surface area (Å²) in [6.45, 7) is 8.66. The molecule has 0 amide bonds. The van der Waals surface area contributed by atoms with Crippen LogP contribution in [-0.2, 0) is 11.3 Å². The fraction of sp³-hybridized carbons (Fsp3) is 0.667. The van der Waals surface area contributed by atoms with E-state index < -0.39 is 0 Å². The number of halogens is 1. The second kappa shape index (κ2) is 13.2. The van der Waals surface area contributed by atoms with E-state index in [0.717, 1.165) is 50.2 Å². The molecule has 2 rings (SSSR count). The van der Waals surface area contributed by atoms with E-state index in [1.165, 1.54) is 12.8 Å². The van der Waals surface area contributed by atoms with Crippen molar-refractivity contribution in [2.75, 3.05) is 32.9 Å². The molecule has 0 aromatic carbocycles. The molecule has 1 saturated carbocycles. The van der Waals surface area contributed by atoms with E-state index >= 15 is 0 Å². The topological polar surface area (TPSA) is 67.8 Å². The highest BCUT2D eigenvalue weighted by Crippen LogP contribution is 2.28. The van der Waals surface area contributed by atoms with Crippen molar-refractivity contribution in [3.8, 4) is 5.88 Å². The minimum absolute atomic E-state index is 0. The first kappa shape index (κ1) is 22.0. The van der Waals surface area contributed by atoms with Crippen LogP contribution in [0.4, 0.5) is 0 Å². The molecule has 2 N–H and O–H groups in total. The number of rotatable bonds is 11. The van der Waals surface area contributed by atoms with Gasteiger partial charge in [-0.25, -0.2) is 9.98 Å². The number of guanidine groups is 1. The van der Waals surface area contributed by atoms with Gasteiger partial charge in [0.05, 0.1) is 13.2 Å². The van der Waals surface area contributed by atoms with Crippen molar-refractivity contribution in [3.63, 3.8) is 0 Å². The summed E-state index contributed by atoms with van der Waals surface area (Å²) >= 11 is 0. The van der Waals surface area contributed by atoms with E-state index in [2.05, 4.69) is 27.5 Å². The van der Waals surface area contributed by atoms with Crippen molar-refractivity contribution in [1.29, 1.82) is 0 Å². The van der Waals surface area contributed by atoms with E-state index in [9.17, 15) is 0 Å². The van der Waals surface area contributed by atoms with Crippen molar-refractivity contribution in [1.82, 2.24) is 15.6 Å². The maximum Gasteiger partial charge on any atom is 0.213 e. The normalized spacial score (nSPS) is 13.9. The summed E-state index contributed by atoms with van der Waals surface area (Å²) in [7, 11) is 0. The summed E-state index contributed by atoms with van der Waals surface area (Å²) in [6.07, 6.45) is 5.43. The van der Waals surface area contributed by atoms with Gasteiger partial charge in [-0.3, -0.25) is 0 Å². The fourth-order valence-corrected chi connectivity index (χ4v) is 2.20. The van der Waals surface area contributed by atoms with Gasteiger partial charge in [0, 0.05) is 38.6 Å². The zero-order chi connectivity index (χ0) is 17.0.